The molecule has 0 radical (unpaired) electrons. The highest BCUT2D eigenvalue weighted by atomic mass is 16.3. The maximum absolute atomic E-state index is 12.8. The summed E-state index contributed by atoms with van der Waals surface area (Å²) in [6, 6.07) is 6.96. The van der Waals surface area contributed by atoms with Crippen molar-refractivity contribution in [2.24, 2.45) is 0 Å². The molecule has 1 saturated carbocycles. The van der Waals surface area contributed by atoms with Crippen LogP contribution in [-0.4, -0.2) is 69.4 Å². The second kappa shape index (κ2) is 8.00. The third-order valence-corrected chi connectivity index (χ3v) is 5.84. The molecule has 160 valence electrons. The Morgan fingerprint density at radius 2 is 1.61 bits per heavy atom. The number of allylic oxidation sites excluding steroid dienone is 6. The van der Waals surface area contributed by atoms with Crippen LogP contribution in [0.1, 0.15) is 28.8 Å². The van der Waals surface area contributed by atoms with E-state index in [4.69, 9.17) is 0 Å². The van der Waals surface area contributed by atoms with Gasteiger partial charge in [0.25, 0.3) is 11.8 Å². The molecular formula is C24H24N2O5. The van der Waals surface area contributed by atoms with E-state index < -0.39 is 11.4 Å². The number of benzene rings is 1. The number of piperazine rings is 1. The normalized spacial score (nSPS) is 21.5. The molecule has 1 heterocycles. The van der Waals surface area contributed by atoms with E-state index in [1.54, 1.807) is 40.1 Å². The molecule has 31 heavy (non-hydrogen) atoms. The van der Waals surface area contributed by atoms with Gasteiger partial charge in [0, 0.05) is 37.3 Å². The number of aliphatic hydroxyl groups is 2. The summed E-state index contributed by atoms with van der Waals surface area (Å²) in [5, 5.41) is 19.9. The number of aliphatic hydroxyl groups excluding tert-OH is 1. The highest BCUT2D eigenvalue weighted by Crippen LogP contribution is 2.37. The number of hydrogen-bond donors (Lipinski definition) is 2. The van der Waals surface area contributed by atoms with E-state index in [9.17, 15) is 24.6 Å². The van der Waals surface area contributed by atoms with Gasteiger partial charge >= 0.3 is 0 Å². The number of rotatable bonds is 4. The fourth-order valence-electron chi connectivity index (χ4n) is 3.78. The minimum atomic E-state index is -1.18. The summed E-state index contributed by atoms with van der Waals surface area (Å²) in [4.78, 5) is 40.4. The average molecular weight is 420 g/mol. The van der Waals surface area contributed by atoms with Gasteiger partial charge in [-0.2, -0.15) is 0 Å². The molecule has 0 bridgehead atoms. The molecule has 0 spiro atoms. The van der Waals surface area contributed by atoms with Crippen LogP contribution >= 0.6 is 0 Å². The minimum Gasteiger partial charge on any atom is -0.504 e. The standard InChI is InChI=1S/C24H24N2O5/c1-2-3-18-14-19(15-20(27)21(18)28)16-4-6-17(7-5-16)22(29)25-10-12-26(13-11-25)23(30)24(31)8-9-24/h2-7,14-15,27,31H,1,8-13H2/b18-3-. The van der Waals surface area contributed by atoms with Gasteiger partial charge < -0.3 is 20.0 Å². The van der Waals surface area contributed by atoms with Gasteiger partial charge in [-0.15, -0.1) is 0 Å². The topological polar surface area (TPSA) is 98.2 Å². The summed E-state index contributed by atoms with van der Waals surface area (Å²) in [7, 11) is 0. The van der Waals surface area contributed by atoms with Crippen molar-refractivity contribution in [2.75, 3.05) is 26.2 Å². The van der Waals surface area contributed by atoms with Crippen molar-refractivity contribution in [3.05, 3.63) is 77.6 Å². The van der Waals surface area contributed by atoms with E-state index in [0.29, 0.717) is 55.7 Å². The van der Waals surface area contributed by atoms with Gasteiger partial charge in [0.2, 0.25) is 5.78 Å². The molecule has 7 heteroatoms. The predicted octanol–water partition coefficient (Wildman–Crippen LogP) is 2.02. The molecule has 1 saturated heterocycles. The molecule has 2 aliphatic carbocycles. The maximum Gasteiger partial charge on any atom is 0.254 e. The van der Waals surface area contributed by atoms with Gasteiger partial charge in [-0.05, 0) is 48.3 Å². The van der Waals surface area contributed by atoms with Crippen LogP contribution in [-0.2, 0) is 9.59 Å². The van der Waals surface area contributed by atoms with Crippen LogP contribution in [0.3, 0.4) is 0 Å². The predicted molar refractivity (Wildman–Crippen MR) is 115 cm³/mol. The van der Waals surface area contributed by atoms with E-state index in [0.717, 1.165) is 5.56 Å². The molecule has 3 aliphatic rings. The Bertz CT molecular complexity index is 1040. The van der Waals surface area contributed by atoms with Gasteiger partial charge in [-0.1, -0.05) is 30.9 Å². The van der Waals surface area contributed by atoms with Crippen LogP contribution in [0.25, 0.3) is 5.57 Å². The summed E-state index contributed by atoms with van der Waals surface area (Å²) in [5.74, 6) is -1.15. The maximum atomic E-state index is 12.8. The first kappa shape index (κ1) is 20.8. The molecular weight excluding hydrogens is 396 g/mol. The summed E-state index contributed by atoms with van der Waals surface area (Å²) in [6.45, 7) is 5.24. The number of Topliss-reactive ketones (excluding diaryl/α,β-unsaturated/α-hetero) is 1. The fraction of sp³-hybridized carbons (Fsp3) is 0.292. The van der Waals surface area contributed by atoms with Gasteiger partial charge in [0.05, 0.1) is 0 Å². The van der Waals surface area contributed by atoms with Crippen LogP contribution in [0, 0.1) is 0 Å². The van der Waals surface area contributed by atoms with Gasteiger partial charge in [-0.3, -0.25) is 14.4 Å². The average Bonchev–Trinajstić information content (AvgIpc) is 3.54. The lowest BCUT2D eigenvalue weighted by atomic mass is 9.93. The Morgan fingerprint density at radius 3 is 2.19 bits per heavy atom. The highest BCUT2D eigenvalue weighted by Gasteiger charge is 2.50. The Balaban J connectivity index is 1.43. The zero-order valence-corrected chi connectivity index (χ0v) is 17.1. The van der Waals surface area contributed by atoms with E-state index in [1.165, 1.54) is 18.2 Å². The van der Waals surface area contributed by atoms with Crippen LogP contribution < -0.4 is 0 Å². The van der Waals surface area contributed by atoms with Crippen LogP contribution in [0.5, 0.6) is 0 Å². The van der Waals surface area contributed by atoms with Crippen molar-refractivity contribution in [2.45, 2.75) is 18.4 Å². The first-order valence-corrected chi connectivity index (χ1v) is 10.2. The number of amides is 2. The number of hydrogen-bond acceptors (Lipinski definition) is 5. The SMILES string of the molecule is C=C/C=C1/C=C(c2ccc(C(=O)N3CCN(C(=O)C4(O)CC4)CC3)cc2)C=C(O)C1=O. The second-order valence-electron chi connectivity index (χ2n) is 8.01. The van der Waals surface area contributed by atoms with E-state index >= 15 is 0 Å². The fourth-order valence-corrected chi connectivity index (χ4v) is 3.78. The highest BCUT2D eigenvalue weighted by molar-refractivity contribution is 6.13. The molecule has 1 aromatic rings. The van der Waals surface area contributed by atoms with Crippen LogP contribution in [0.15, 0.2) is 66.5 Å². The smallest absolute Gasteiger partial charge is 0.254 e. The number of nitrogens with zero attached hydrogens (tertiary/aromatic N) is 2. The first-order chi connectivity index (χ1) is 14.8. The summed E-state index contributed by atoms with van der Waals surface area (Å²) < 4.78 is 0. The molecule has 4 rings (SSSR count). The second-order valence-corrected chi connectivity index (χ2v) is 8.01. The molecule has 2 N–H and O–H groups in total. The largest absolute Gasteiger partial charge is 0.504 e. The first-order valence-electron chi connectivity index (χ1n) is 10.2. The zero-order valence-electron chi connectivity index (χ0n) is 17.1. The van der Waals surface area contributed by atoms with Gasteiger partial charge in [-0.25, -0.2) is 0 Å². The Morgan fingerprint density at radius 1 is 1.00 bits per heavy atom. The lowest BCUT2D eigenvalue weighted by molar-refractivity contribution is -0.143. The molecule has 2 fully saturated rings. The number of carbonyl (C=O) groups excluding carboxylic acids is 3. The lowest BCUT2D eigenvalue weighted by Crippen LogP contribution is -2.53. The number of carbonyl (C=O) groups is 3. The monoisotopic (exact) mass is 420 g/mol. The Labute approximate surface area is 180 Å². The van der Waals surface area contributed by atoms with Crippen molar-refractivity contribution in [3.63, 3.8) is 0 Å². The van der Waals surface area contributed by atoms with Crippen molar-refractivity contribution < 1.29 is 24.6 Å². The van der Waals surface area contributed by atoms with Gasteiger partial charge in [0.1, 0.15) is 5.60 Å². The summed E-state index contributed by atoms with van der Waals surface area (Å²) >= 11 is 0. The van der Waals surface area contributed by atoms with Crippen molar-refractivity contribution in [3.8, 4) is 0 Å². The molecule has 1 aromatic carbocycles. The molecule has 0 unspecified atom stereocenters. The quantitative estimate of drug-likeness (QED) is 0.727. The minimum absolute atomic E-state index is 0.123. The summed E-state index contributed by atoms with van der Waals surface area (Å²) in [5.41, 5.74) is 1.11. The Kier molecular flexibility index (Phi) is 5.37. The zero-order chi connectivity index (χ0) is 22.2. The van der Waals surface area contributed by atoms with Crippen molar-refractivity contribution in [1.82, 2.24) is 9.80 Å². The third-order valence-electron chi connectivity index (χ3n) is 5.84. The van der Waals surface area contributed by atoms with E-state index in [1.807, 2.05) is 0 Å². The molecule has 0 atom stereocenters. The van der Waals surface area contributed by atoms with Crippen LogP contribution in [0.4, 0.5) is 0 Å². The molecule has 0 aromatic heterocycles. The van der Waals surface area contributed by atoms with Gasteiger partial charge in [0.15, 0.2) is 5.76 Å². The summed E-state index contributed by atoms with van der Waals surface area (Å²) in [6.07, 6.45) is 7.13. The lowest BCUT2D eigenvalue weighted by Gasteiger charge is -2.35. The Hall–Kier alpha value is -3.45. The third kappa shape index (κ3) is 4.09. The van der Waals surface area contributed by atoms with Crippen molar-refractivity contribution >= 4 is 23.2 Å². The molecule has 1 aliphatic heterocycles. The number of ketones is 1. The molecule has 7 nitrogen and oxygen atoms in total. The van der Waals surface area contributed by atoms with Crippen molar-refractivity contribution in [1.29, 1.82) is 0 Å². The van der Waals surface area contributed by atoms with Crippen LogP contribution in [0.2, 0.25) is 0 Å². The molecule has 2 amide bonds. The van der Waals surface area contributed by atoms with E-state index in [-0.39, 0.29) is 17.6 Å². The van der Waals surface area contributed by atoms with E-state index in [2.05, 4.69) is 6.58 Å².